The minimum absolute atomic E-state index is 0.0235. The molecule has 2 amide bonds. The molecule has 0 atom stereocenters. The highest BCUT2D eigenvalue weighted by Crippen LogP contribution is 2.33. The van der Waals surface area contributed by atoms with Crippen LogP contribution in [0.15, 0.2) is 53.4 Å². The Bertz CT molecular complexity index is 873. The van der Waals surface area contributed by atoms with Crippen molar-refractivity contribution in [1.82, 2.24) is 4.90 Å². The van der Waals surface area contributed by atoms with Gasteiger partial charge in [-0.1, -0.05) is 29.8 Å². The van der Waals surface area contributed by atoms with Crippen LogP contribution < -0.4 is 0 Å². The third-order valence-corrected chi connectivity index (χ3v) is 4.64. The number of thioether (sulfide) groups is 1. The number of benzene rings is 2. The molecule has 0 unspecified atom stereocenters. The Kier molecular flexibility index (Phi) is 4.67. The molecule has 1 heterocycles. The number of imide groups is 1. The molecule has 2 aromatic rings. The van der Waals surface area contributed by atoms with Crippen LogP contribution in [-0.4, -0.2) is 21.0 Å². The van der Waals surface area contributed by atoms with E-state index in [-0.39, 0.29) is 23.4 Å². The molecule has 126 valence electrons. The van der Waals surface area contributed by atoms with Gasteiger partial charge < -0.3 is 0 Å². The lowest BCUT2D eigenvalue weighted by molar-refractivity contribution is -0.384. The third-order valence-electron chi connectivity index (χ3n) is 3.74. The molecule has 0 radical (unpaired) electrons. The van der Waals surface area contributed by atoms with Crippen molar-refractivity contribution in [3.63, 3.8) is 0 Å². The zero-order valence-electron chi connectivity index (χ0n) is 13.3. The fraction of sp³-hybridized carbons (Fsp3) is 0.111. The molecule has 25 heavy (non-hydrogen) atoms. The zero-order chi connectivity index (χ0) is 18.0. The molecule has 0 saturated carbocycles. The Morgan fingerprint density at radius 3 is 2.32 bits per heavy atom. The molecule has 2 aromatic carbocycles. The number of hydrogen-bond donors (Lipinski definition) is 0. The first-order valence-corrected chi connectivity index (χ1v) is 8.31. The monoisotopic (exact) mass is 354 g/mol. The molecule has 1 saturated heterocycles. The number of aryl methyl sites for hydroxylation is 1. The van der Waals surface area contributed by atoms with Crippen molar-refractivity contribution in [3.8, 4) is 0 Å². The van der Waals surface area contributed by atoms with Gasteiger partial charge in [-0.3, -0.25) is 24.6 Å². The van der Waals surface area contributed by atoms with Gasteiger partial charge in [-0.15, -0.1) is 0 Å². The van der Waals surface area contributed by atoms with Gasteiger partial charge >= 0.3 is 0 Å². The predicted octanol–water partition coefficient (Wildman–Crippen LogP) is 4.14. The van der Waals surface area contributed by atoms with Gasteiger partial charge in [0.15, 0.2) is 0 Å². The molecule has 0 N–H and O–H groups in total. The summed E-state index contributed by atoms with van der Waals surface area (Å²) in [7, 11) is 0. The van der Waals surface area contributed by atoms with E-state index in [0.717, 1.165) is 22.9 Å². The van der Waals surface area contributed by atoms with Crippen LogP contribution in [-0.2, 0) is 11.3 Å². The topological polar surface area (TPSA) is 80.5 Å². The van der Waals surface area contributed by atoms with Gasteiger partial charge in [0.2, 0.25) is 0 Å². The van der Waals surface area contributed by atoms with Crippen molar-refractivity contribution in [1.29, 1.82) is 0 Å². The van der Waals surface area contributed by atoms with E-state index in [9.17, 15) is 19.7 Å². The molecule has 6 nitrogen and oxygen atoms in total. The molecule has 3 rings (SSSR count). The van der Waals surface area contributed by atoms with Crippen molar-refractivity contribution in [3.05, 3.63) is 80.2 Å². The number of hydrogen-bond acceptors (Lipinski definition) is 5. The lowest BCUT2D eigenvalue weighted by atomic mass is 10.1. The van der Waals surface area contributed by atoms with Gasteiger partial charge in [0, 0.05) is 12.1 Å². The van der Waals surface area contributed by atoms with E-state index in [4.69, 9.17) is 0 Å². The van der Waals surface area contributed by atoms with Gasteiger partial charge in [-0.25, -0.2) is 0 Å². The fourth-order valence-electron chi connectivity index (χ4n) is 2.36. The summed E-state index contributed by atoms with van der Waals surface area (Å²) in [5, 5.41) is 10.3. The second-order valence-electron chi connectivity index (χ2n) is 5.60. The van der Waals surface area contributed by atoms with Crippen molar-refractivity contribution >= 4 is 34.7 Å². The Hall–Kier alpha value is -2.93. The van der Waals surface area contributed by atoms with E-state index in [0.29, 0.717) is 10.5 Å². The van der Waals surface area contributed by atoms with Gasteiger partial charge in [0.05, 0.1) is 16.4 Å². The summed E-state index contributed by atoms with van der Waals surface area (Å²) in [6, 6.07) is 13.5. The largest absolute Gasteiger partial charge is 0.293 e. The number of rotatable bonds is 4. The highest BCUT2D eigenvalue weighted by Gasteiger charge is 2.34. The Balaban J connectivity index is 1.78. The molecular formula is C18H14N2O4S. The van der Waals surface area contributed by atoms with E-state index in [1.54, 1.807) is 18.2 Å². The number of nitro groups is 1. The van der Waals surface area contributed by atoms with Crippen molar-refractivity contribution in [2.45, 2.75) is 13.5 Å². The maximum absolute atomic E-state index is 12.5. The van der Waals surface area contributed by atoms with Crippen LogP contribution in [0.2, 0.25) is 0 Å². The maximum atomic E-state index is 12.5. The smallest absolute Gasteiger partial charge is 0.268 e. The van der Waals surface area contributed by atoms with Crippen LogP contribution in [0.25, 0.3) is 6.08 Å². The van der Waals surface area contributed by atoms with Crippen molar-refractivity contribution in [2.24, 2.45) is 0 Å². The summed E-state index contributed by atoms with van der Waals surface area (Å²) in [6.07, 6.45) is 1.57. The molecule has 0 spiro atoms. The van der Waals surface area contributed by atoms with Crippen LogP contribution in [0.3, 0.4) is 0 Å². The first kappa shape index (κ1) is 16.9. The van der Waals surface area contributed by atoms with Crippen molar-refractivity contribution in [2.75, 3.05) is 0 Å². The summed E-state index contributed by atoms with van der Waals surface area (Å²) >= 11 is 0.874. The van der Waals surface area contributed by atoms with E-state index in [2.05, 4.69) is 0 Å². The molecule has 0 aliphatic carbocycles. The summed E-state index contributed by atoms with van der Waals surface area (Å²) in [4.78, 5) is 36.3. The first-order chi connectivity index (χ1) is 11.9. The maximum Gasteiger partial charge on any atom is 0.293 e. The van der Waals surface area contributed by atoms with Gasteiger partial charge in [-0.05, 0) is 48.0 Å². The SMILES string of the molecule is Cc1ccc(CN2C(=O)S/C(=C/c3ccc([N+](=O)[O-])cc3)C2=O)cc1. The number of carbonyl (C=O) groups is 2. The normalized spacial score (nSPS) is 15.9. The Morgan fingerprint density at radius 1 is 1.08 bits per heavy atom. The summed E-state index contributed by atoms with van der Waals surface area (Å²) in [5.74, 6) is -0.353. The standard InChI is InChI=1S/C18H14N2O4S/c1-12-2-4-14(5-3-12)11-19-17(21)16(25-18(19)22)10-13-6-8-15(9-7-13)20(23)24/h2-10H,11H2,1H3/b16-10+. The van der Waals surface area contributed by atoms with Crippen LogP contribution in [0.1, 0.15) is 16.7 Å². The Labute approximate surface area is 148 Å². The summed E-state index contributed by atoms with van der Waals surface area (Å²) in [5.41, 5.74) is 2.59. The van der Waals surface area contributed by atoms with Gasteiger partial charge in [-0.2, -0.15) is 0 Å². The minimum atomic E-state index is -0.487. The molecule has 1 fully saturated rings. The second-order valence-corrected chi connectivity index (χ2v) is 6.60. The number of non-ortho nitro benzene ring substituents is 1. The van der Waals surface area contributed by atoms with Gasteiger partial charge in [0.1, 0.15) is 0 Å². The minimum Gasteiger partial charge on any atom is -0.268 e. The third kappa shape index (κ3) is 3.77. The molecule has 1 aliphatic heterocycles. The zero-order valence-corrected chi connectivity index (χ0v) is 14.2. The van der Waals surface area contributed by atoms with E-state index in [1.165, 1.54) is 17.0 Å². The molecule has 7 heteroatoms. The number of carbonyl (C=O) groups excluding carboxylic acids is 2. The van der Waals surface area contributed by atoms with E-state index in [1.807, 2.05) is 31.2 Å². The van der Waals surface area contributed by atoms with Gasteiger partial charge in [0.25, 0.3) is 16.8 Å². The van der Waals surface area contributed by atoms with Crippen LogP contribution >= 0.6 is 11.8 Å². The quantitative estimate of drug-likeness (QED) is 0.468. The van der Waals surface area contributed by atoms with Crippen LogP contribution in [0.5, 0.6) is 0 Å². The predicted molar refractivity (Wildman–Crippen MR) is 95.8 cm³/mol. The highest BCUT2D eigenvalue weighted by molar-refractivity contribution is 8.18. The Morgan fingerprint density at radius 2 is 1.72 bits per heavy atom. The van der Waals surface area contributed by atoms with Crippen LogP contribution in [0, 0.1) is 17.0 Å². The lowest BCUT2D eigenvalue weighted by Gasteiger charge is -2.12. The van der Waals surface area contributed by atoms with E-state index < -0.39 is 4.92 Å². The molecular weight excluding hydrogens is 340 g/mol. The molecule has 1 aliphatic rings. The molecule has 0 bridgehead atoms. The summed E-state index contributed by atoms with van der Waals surface area (Å²) in [6.45, 7) is 2.19. The van der Waals surface area contributed by atoms with Crippen molar-refractivity contribution < 1.29 is 14.5 Å². The molecule has 0 aromatic heterocycles. The van der Waals surface area contributed by atoms with Crippen LogP contribution in [0.4, 0.5) is 10.5 Å². The second kappa shape index (κ2) is 6.90. The van der Waals surface area contributed by atoms with E-state index >= 15 is 0 Å². The average molecular weight is 354 g/mol. The number of nitrogens with zero attached hydrogens (tertiary/aromatic N) is 2. The lowest BCUT2D eigenvalue weighted by Crippen LogP contribution is -2.27. The fourth-order valence-corrected chi connectivity index (χ4v) is 3.19. The average Bonchev–Trinajstić information content (AvgIpc) is 2.85. The number of nitro benzene ring substituents is 1. The number of amides is 2. The summed E-state index contributed by atoms with van der Waals surface area (Å²) < 4.78 is 0. The highest BCUT2D eigenvalue weighted by atomic mass is 32.2. The first-order valence-electron chi connectivity index (χ1n) is 7.49.